The Labute approximate surface area is 122 Å². The first kappa shape index (κ1) is 17.4. The lowest BCUT2D eigenvalue weighted by molar-refractivity contribution is -0.171. The Balaban J connectivity index is 2.72. The van der Waals surface area contributed by atoms with Crippen LogP contribution < -0.4 is 11.1 Å². The fraction of sp³-hybridized carbons (Fsp3) is 0.933. The fourth-order valence-electron chi connectivity index (χ4n) is 2.70. The Morgan fingerprint density at radius 1 is 1.45 bits per heavy atom. The van der Waals surface area contributed by atoms with E-state index in [9.17, 15) is 4.79 Å². The Morgan fingerprint density at radius 3 is 2.45 bits per heavy atom. The van der Waals surface area contributed by atoms with Crippen LogP contribution in [0.3, 0.4) is 0 Å². The van der Waals surface area contributed by atoms with E-state index in [0.717, 1.165) is 0 Å². The summed E-state index contributed by atoms with van der Waals surface area (Å²) in [5.74, 6) is 0.197. The molecule has 3 N–H and O–H groups in total. The van der Waals surface area contributed by atoms with E-state index in [1.165, 1.54) is 0 Å². The average Bonchev–Trinajstić information content (AvgIpc) is 2.37. The smallest absolute Gasteiger partial charge is 0.241 e. The van der Waals surface area contributed by atoms with Crippen molar-refractivity contribution in [1.82, 2.24) is 5.32 Å². The standard InChI is InChI=1S/C15H30N2O3/c1-7-20-12-8-15(16,14(12,4)5)13(18)17-11(9-19-6)10(2)3/h10-12H,7-9,16H2,1-6H3,(H,17,18). The van der Waals surface area contributed by atoms with Crippen LogP contribution in [0.25, 0.3) is 0 Å². The van der Waals surface area contributed by atoms with Crippen molar-refractivity contribution >= 4 is 5.91 Å². The highest BCUT2D eigenvalue weighted by Crippen LogP contribution is 2.49. The number of hydrogen-bond donors (Lipinski definition) is 2. The first-order valence-corrected chi connectivity index (χ1v) is 7.41. The normalized spacial score (nSPS) is 29.9. The topological polar surface area (TPSA) is 73.6 Å². The summed E-state index contributed by atoms with van der Waals surface area (Å²) in [6.07, 6.45) is 0.612. The molecule has 3 atom stereocenters. The second-order valence-corrected chi connectivity index (χ2v) is 6.62. The third kappa shape index (κ3) is 3.00. The zero-order valence-electron chi connectivity index (χ0n) is 13.7. The van der Waals surface area contributed by atoms with Crippen LogP contribution in [0.2, 0.25) is 0 Å². The van der Waals surface area contributed by atoms with Crippen LogP contribution in [0.15, 0.2) is 0 Å². The van der Waals surface area contributed by atoms with Gasteiger partial charge in [-0.05, 0) is 12.8 Å². The first-order chi connectivity index (χ1) is 9.20. The third-order valence-electron chi connectivity index (χ3n) is 4.70. The Kier molecular flexibility index (Phi) is 5.58. The average molecular weight is 286 g/mol. The number of carbonyl (C=O) groups is 1. The van der Waals surface area contributed by atoms with Crippen molar-refractivity contribution in [2.45, 2.75) is 58.7 Å². The number of nitrogens with two attached hydrogens (primary N) is 1. The zero-order chi connectivity index (χ0) is 15.6. The van der Waals surface area contributed by atoms with E-state index in [1.807, 2.05) is 20.8 Å². The highest BCUT2D eigenvalue weighted by atomic mass is 16.5. The number of methoxy groups -OCH3 is 1. The van der Waals surface area contributed by atoms with E-state index in [1.54, 1.807) is 7.11 Å². The summed E-state index contributed by atoms with van der Waals surface area (Å²) >= 11 is 0. The maximum Gasteiger partial charge on any atom is 0.241 e. The number of nitrogens with one attached hydrogen (secondary N) is 1. The van der Waals surface area contributed by atoms with E-state index < -0.39 is 5.54 Å². The summed E-state index contributed by atoms with van der Waals surface area (Å²) in [6, 6.07) is -0.0186. The molecule has 3 unspecified atom stereocenters. The molecule has 118 valence electrons. The zero-order valence-corrected chi connectivity index (χ0v) is 13.7. The van der Waals surface area contributed by atoms with Gasteiger partial charge in [0.25, 0.3) is 0 Å². The first-order valence-electron chi connectivity index (χ1n) is 7.41. The maximum absolute atomic E-state index is 12.6. The molecule has 1 fully saturated rings. The van der Waals surface area contributed by atoms with Crippen molar-refractivity contribution in [3.63, 3.8) is 0 Å². The molecule has 0 aromatic heterocycles. The molecule has 1 rings (SSSR count). The molecule has 20 heavy (non-hydrogen) atoms. The summed E-state index contributed by atoms with van der Waals surface area (Å²) in [5, 5.41) is 3.03. The highest BCUT2D eigenvalue weighted by Gasteiger charge is 2.63. The molecule has 0 aromatic carbocycles. The Hall–Kier alpha value is -0.650. The van der Waals surface area contributed by atoms with Crippen molar-refractivity contribution in [3.8, 4) is 0 Å². The summed E-state index contributed by atoms with van der Waals surface area (Å²) in [4.78, 5) is 12.6. The van der Waals surface area contributed by atoms with Gasteiger partial charge in [0.1, 0.15) is 5.54 Å². The monoisotopic (exact) mass is 286 g/mol. The molecule has 0 bridgehead atoms. The number of amides is 1. The molecule has 1 aliphatic carbocycles. The molecular formula is C15H30N2O3. The lowest BCUT2D eigenvalue weighted by Crippen LogP contribution is -2.76. The van der Waals surface area contributed by atoms with E-state index in [0.29, 0.717) is 25.6 Å². The summed E-state index contributed by atoms with van der Waals surface area (Å²) < 4.78 is 10.8. The van der Waals surface area contributed by atoms with Crippen molar-refractivity contribution in [3.05, 3.63) is 0 Å². The van der Waals surface area contributed by atoms with Gasteiger partial charge in [-0.2, -0.15) is 0 Å². The van der Waals surface area contributed by atoms with Gasteiger partial charge in [-0.15, -0.1) is 0 Å². The molecule has 0 radical (unpaired) electrons. The van der Waals surface area contributed by atoms with Crippen LogP contribution in [0.4, 0.5) is 0 Å². The van der Waals surface area contributed by atoms with Gasteiger partial charge in [0.2, 0.25) is 5.91 Å². The lowest BCUT2D eigenvalue weighted by Gasteiger charge is -2.57. The lowest BCUT2D eigenvalue weighted by atomic mass is 9.54. The molecule has 0 saturated heterocycles. The summed E-state index contributed by atoms with van der Waals surface area (Å²) in [6.45, 7) is 11.2. The van der Waals surface area contributed by atoms with E-state index in [4.69, 9.17) is 15.2 Å². The predicted octanol–water partition coefficient (Wildman–Crippen LogP) is 1.31. The molecule has 1 amide bonds. The number of hydrogen-bond acceptors (Lipinski definition) is 4. The molecule has 5 nitrogen and oxygen atoms in total. The second kappa shape index (κ2) is 6.41. The van der Waals surface area contributed by atoms with Gasteiger partial charge in [0.05, 0.1) is 18.8 Å². The summed E-state index contributed by atoms with van der Waals surface area (Å²) in [7, 11) is 1.64. The van der Waals surface area contributed by atoms with Gasteiger partial charge in [0, 0.05) is 25.6 Å². The van der Waals surface area contributed by atoms with Gasteiger partial charge in [-0.3, -0.25) is 4.79 Å². The van der Waals surface area contributed by atoms with Crippen LogP contribution in [0.5, 0.6) is 0 Å². The van der Waals surface area contributed by atoms with Crippen molar-refractivity contribution in [2.75, 3.05) is 20.3 Å². The Morgan fingerprint density at radius 2 is 2.05 bits per heavy atom. The molecule has 0 spiro atoms. The number of rotatable bonds is 7. The van der Waals surface area contributed by atoms with Gasteiger partial charge in [-0.1, -0.05) is 27.7 Å². The minimum absolute atomic E-state index is 0.0186. The Bertz CT molecular complexity index is 344. The highest BCUT2D eigenvalue weighted by molar-refractivity contribution is 5.89. The van der Waals surface area contributed by atoms with Crippen LogP contribution in [-0.4, -0.2) is 43.9 Å². The molecule has 0 aliphatic heterocycles. The molecule has 1 aliphatic rings. The number of carbonyl (C=O) groups excluding carboxylic acids is 1. The third-order valence-corrected chi connectivity index (χ3v) is 4.70. The minimum Gasteiger partial charge on any atom is -0.383 e. The van der Waals surface area contributed by atoms with Gasteiger partial charge in [-0.25, -0.2) is 0 Å². The number of ether oxygens (including phenoxy) is 2. The largest absolute Gasteiger partial charge is 0.383 e. The van der Waals surface area contributed by atoms with Crippen LogP contribution in [-0.2, 0) is 14.3 Å². The van der Waals surface area contributed by atoms with Gasteiger partial charge < -0.3 is 20.5 Å². The van der Waals surface area contributed by atoms with Crippen molar-refractivity contribution in [1.29, 1.82) is 0 Å². The fourth-order valence-corrected chi connectivity index (χ4v) is 2.70. The minimum atomic E-state index is -0.867. The SMILES string of the molecule is CCOC1CC(N)(C(=O)NC(COC)C(C)C)C1(C)C. The molecule has 0 heterocycles. The maximum atomic E-state index is 12.6. The second-order valence-electron chi connectivity index (χ2n) is 6.62. The molecule has 0 aromatic rings. The van der Waals surface area contributed by atoms with Crippen molar-refractivity contribution in [2.24, 2.45) is 17.1 Å². The molecular weight excluding hydrogens is 256 g/mol. The molecule has 5 heteroatoms. The van der Waals surface area contributed by atoms with Crippen LogP contribution in [0, 0.1) is 11.3 Å². The van der Waals surface area contributed by atoms with Crippen LogP contribution >= 0.6 is 0 Å². The van der Waals surface area contributed by atoms with E-state index >= 15 is 0 Å². The predicted molar refractivity (Wildman–Crippen MR) is 79.4 cm³/mol. The van der Waals surface area contributed by atoms with E-state index in [-0.39, 0.29) is 23.5 Å². The van der Waals surface area contributed by atoms with Crippen LogP contribution in [0.1, 0.15) is 41.0 Å². The van der Waals surface area contributed by atoms with Gasteiger partial charge >= 0.3 is 0 Å². The summed E-state index contributed by atoms with van der Waals surface area (Å²) in [5.41, 5.74) is 5.13. The van der Waals surface area contributed by atoms with E-state index in [2.05, 4.69) is 19.2 Å². The quantitative estimate of drug-likeness (QED) is 0.740. The van der Waals surface area contributed by atoms with Crippen molar-refractivity contribution < 1.29 is 14.3 Å². The molecule has 1 saturated carbocycles. The van der Waals surface area contributed by atoms with Gasteiger partial charge in [0.15, 0.2) is 0 Å².